The van der Waals surface area contributed by atoms with Gasteiger partial charge in [-0.3, -0.25) is 4.79 Å². The van der Waals surface area contributed by atoms with Crippen molar-refractivity contribution in [2.45, 2.75) is 0 Å². The maximum Gasteiger partial charge on any atom is 0.299 e. The molecule has 1 heterocycles. The van der Waals surface area contributed by atoms with Crippen molar-refractivity contribution in [2.24, 2.45) is 0 Å². The fourth-order valence-corrected chi connectivity index (χ4v) is 2.50. The monoisotopic (exact) mass is 368 g/mol. The van der Waals surface area contributed by atoms with Crippen molar-refractivity contribution >= 4 is 29.7 Å². The highest BCUT2D eigenvalue weighted by molar-refractivity contribution is 6.31. The van der Waals surface area contributed by atoms with Crippen molar-refractivity contribution in [3.63, 3.8) is 0 Å². The average molecular weight is 369 g/mol. The quantitative estimate of drug-likeness (QED) is 0.629. The van der Waals surface area contributed by atoms with E-state index in [2.05, 4.69) is 5.10 Å². The molecular formula is C16H8Cl2F2N2O2. The van der Waals surface area contributed by atoms with Crippen LogP contribution in [0.25, 0.3) is 16.9 Å². The van der Waals surface area contributed by atoms with Crippen LogP contribution >= 0.6 is 23.2 Å². The van der Waals surface area contributed by atoms with Gasteiger partial charge in [0.1, 0.15) is 11.6 Å². The number of aromatic nitrogens is 2. The molecule has 2 aromatic carbocycles. The van der Waals surface area contributed by atoms with Crippen LogP contribution in [0.3, 0.4) is 0 Å². The lowest BCUT2D eigenvalue weighted by Crippen LogP contribution is -2.00. The fraction of sp³-hybridized carbons (Fsp3) is 0. The summed E-state index contributed by atoms with van der Waals surface area (Å²) in [6, 6.07) is 9.56. The lowest BCUT2D eigenvalue weighted by molar-refractivity contribution is -0.120. The highest BCUT2D eigenvalue weighted by Crippen LogP contribution is 2.30. The van der Waals surface area contributed by atoms with Gasteiger partial charge in [-0.25, -0.2) is 13.5 Å². The van der Waals surface area contributed by atoms with Crippen LogP contribution in [0.15, 0.2) is 42.5 Å². The predicted octanol–water partition coefficient (Wildman–Crippen LogP) is 4.66. The van der Waals surface area contributed by atoms with Crippen molar-refractivity contribution in [1.82, 2.24) is 9.78 Å². The number of rotatable bonds is 4. The highest BCUT2D eigenvalue weighted by Gasteiger charge is 2.15. The van der Waals surface area contributed by atoms with Gasteiger partial charge in [0, 0.05) is 11.6 Å². The molecule has 0 aliphatic rings. The van der Waals surface area contributed by atoms with Crippen LogP contribution in [-0.4, -0.2) is 16.3 Å². The first kappa shape index (κ1) is 16.4. The summed E-state index contributed by atoms with van der Waals surface area (Å²) < 4.78 is 32.9. The Balaban J connectivity index is 2.18. The molecule has 0 radical (unpaired) electrons. The standard InChI is InChI=1S/C16H8Cl2F2N2O2/c17-11-5-9(1-3-13(11)19)15-7-16(24-8-23)21-22(15)10-2-4-14(20)12(18)6-10/h1-8H. The molecule has 3 aromatic rings. The van der Waals surface area contributed by atoms with Gasteiger partial charge >= 0.3 is 0 Å². The largest absolute Gasteiger partial charge is 0.408 e. The fourth-order valence-electron chi connectivity index (χ4n) is 2.14. The van der Waals surface area contributed by atoms with E-state index < -0.39 is 11.6 Å². The van der Waals surface area contributed by atoms with Gasteiger partial charge in [-0.2, -0.15) is 0 Å². The summed E-state index contributed by atoms with van der Waals surface area (Å²) in [5.74, 6) is -1.13. The second kappa shape index (κ2) is 6.59. The summed E-state index contributed by atoms with van der Waals surface area (Å²) in [5.41, 5.74) is 1.41. The van der Waals surface area contributed by atoms with Crippen molar-refractivity contribution < 1.29 is 18.3 Å². The van der Waals surface area contributed by atoms with Gasteiger partial charge in [0.05, 0.1) is 21.4 Å². The first-order valence-corrected chi connectivity index (χ1v) is 7.36. The Labute approximate surface area is 145 Å². The summed E-state index contributed by atoms with van der Waals surface area (Å²) >= 11 is 11.6. The minimum Gasteiger partial charge on any atom is -0.408 e. The van der Waals surface area contributed by atoms with E-state index in [1.165, 1.54) is 47.1 Å². The first-order chi connectivity index (χ1) is 11.5. The minimum absolute atomic E-state index is 0.0147. The van der Waals surface area contributed by atoms with Crippen LogP contribution in [0.5, 0.6) is 5.88 Å². The number of carbonyl (C=O) groups excluding carboxylic acids is 1. The number of hydrogen-bond donors (Lipinski definition) is 0. The summed E-state index contributed by atoms with van der Waals surface area (Å²) in [6.07, 6.45) is 0. The van der Waals surface area contributed by atoms with Gasteiger partial charge < -0.3 is 4.74 Å². The predicted molar refractivity (Wildman–Crippen MR) is 85.6 cm³/mol. The second-order valence-electron chi connectivity index (χ2n) is 4.72. The van der Waals surface area contributed by atoms with Gasteiger partial charge in [0.25, 0.3) is 6.47 Å². The molecule has 0 saturated heterocycles. The molecule has 0 amide bonds. The van der Waals surface area contributed by atoms with E-state index in [4.69, 9.17) is 27.9 Å². The number of hydrogen-bond acceptors (Lipinski definition) is 3. The molecule has 0 aliphatic heterocycles. The topological polar surface area (TPSA) is 44.1 Å². The third-order valence-electron chi connectivity index (χ3n) is 3.22. The molecule has 0 spiro atoms. The lowest BCUT2D eigenvalue weighted by atomic mass is 10.1. The Kier molecular flexibility index (Phi) is 4.51. The van der Waals surface area contributed by atoms with Gasteiger partial charge in [0.2, 0.25) is 5.88 Å². The molecule has 3 rings (SSSR count). The molecule has 0 unspecified atom stereocenters. The number of carbonyl (C=O) groups is 1. The zero-order valence-electron chi connectivity index (χ0n) is 11.8. The highest BCUT2D eigenvalue weighted by atomic mass is 35.5. The van der Waals surface area contributed by atoms with E-state index in [0.29, 0.717) is 16.9 Å². The first-order valence-electron chi connectivity index (χ1n) is 6.61. The zero-order valence-corrected chi connectivity index (χ0v) is 13.4. The van der Waals surface area contributed by atoms with Crippen molar-refractivity contribution in [1.29, 1.82) is 0 Å². The molecule has 4 nitrogen and oxygen atoms in total. The van der Waals surface area contributed by atoms with Crippen molar-refractivity contribution in [2.75, 3.05) is 0 Å². The molecule has 0 N–H and O–H groups in total. The molecule has 1 aromatic heterocycles. The van der Waals surface area contributed by atoms with Crippen LogP contribution in [0.2, 0.25) is 10.0 Å². The maximum absolute atomic E-state index is 13.4. The molecule has 0 aliphatic carbocycles. The van der Waals surface area contributed by atoms with Crippen LogP contribution in [0, 0.1) is 11.6 Å². The van der Waals surface area contributed by atoms with E-state index >= 15 is 0 Å². The smallest absolute Gasteiger partial charge is 0.299 e. The number of benzene rings is 2. The Hall–Kier alpha value is -2.44. The van der Waals surface area contributed by atoms with Gasteiger partial charge in [-0.15, -0.1) is 5.10 Å². The van der Waals surface area contributed by atoms with Crippen LogP contribution in [0.1, 0.15) is 0 Å². The van der Waals surface area contributed by atoms with Crippen LogP contribution in [-0.2, 0) is 4.79 Å². The average Bonchev–Trinajstić information content (AvgIpc) is 2.97. The van der Waals surface area contributed by atoms with E-state index in [0.717, 1.165) is 0 Å². The van der Waals surface area contributed by atoms with E-state index in [1.54, 1.807) is 0 Å². The SMILES string of the molecule is O=COc1cc(-c2ccc(F)c(Cl)c2)n(-c2ccc(F)c(Cl)c2)n1. The second-order valence-corrected chi connectivity index (χ2v) is 5.54. The van der Waals surface area contributed by atoms with Gasteiger partial charge in [-0.05, 0) is 36.4 Å². The molecule has 0 atom stereocenters. The molecular weight excluding hydrogens is 361 g/mol. The van der Waals surface area contributed by atoms with Crippen LogP contribution < -0.4 is 4.74 Å². The normalized spacial score (nSPS) is 10.7. The molecule has 0 fully saturated rings. The summed E-state index contributed by atoms with van der Waals surface area (Å²) in [6.45, 7) is 0.228. The van der Waals surface area contributed by atoms with Gasteiger partial charge in [0.15, 0.2) is 0 Å². The third kappa shape index (κ3) is 3.11. The molecule has 122 valence electrons. The van der Waals surface area contributed by atoms with E-state index in [9.17, 15) is 13.6 Å². The summed E-state index contributed by atoms with van der Waals surface area (Å²) in [5, 5.41) is 3.95. The summed E-state index contributed by atoms with van der Waals surface area (Å²) in [4.78, 5) is 10.6. The van der Waals surface area contributed by atoms with Crippen LogP contribution in [0.4, 0.5) is 8.78 Å². The Morgan fingerprint density at radius 3 is 2.29 bits per heavy atom. The van der Waals surface area contributed by atoms with E-state index in [-0.39, 0.29) is 22.4 Å². The summed E-state index contributed by atoms with van der Waals surface area (Å²) in [7, 11) is 0. The zero-order chi connectivity index (χ0) is 17.3. The van der Waals surface area contributed by atoms with E-state index in [1.807, 2.05) is 0 Å². The Bertz CT molecular complexity index is 859. The number of ether oxygens (including phenoxy) is 1. The number of nitrogens with zero attached hydrogens (tertiary/aromatic N) is 2. The lowest BCUT2D eigenvalue weighted by Gasteiger charge is -2.08. The molecule has 0 bridgehead atoms. The number of halogens is 4. The third-order valence-corrected chi connectivity index (χ3v) is 3.80. The van der Waals surface area contributed by atoms with Crippen molar-refractivity contribution in [3.8, 4) is 22.8 Å². The molecule has 0 saturated carbocycles. The maximum atomic E-state index is 13.4. The Morgan fingerprint density at radius 1 is 1.00 bits per heavy atom. The molecule has 8 heteroatoms. The van der Waals surface area contributed by atoms with Gasteiger partial charge in [-0.1, -0.05) is 23.2 Å². The Morgan fingerprint density at radius 2 is 1.67 bits per heavy atom. The molecule has 24 heavy (non-hydrogen) atoms. The minimum atomic E-state index is -0.580. The van der Waals surface area contributed by atoms with Crippen molar-refractivity contribution in [3.05, 3.63) is 64.1 Å².